The number of benzene rings is 1. The Morgan fingerprint density at radius 2 is 2.36 bits per heavy atom. The number of nitrogens with two attached hydrogens (primary N) is 1. The van der Waals surface area contributed by atoms with E-state index in [1.54, 1.807) is 12.1 Å². The maximum absolute atomic E-state index is 8.42. The van der Waals surface area contributed by atoms with Gasteiger partial charge in [0.2, 0.25) is 0 Å². The first-order valence-electron chi connectivity index (χ1n) is 4.26. The van der Waals surface area contributed by atoms with Gasteiger partial charge in [-0.2, -0.15) is 5.26 Å². The summed E-state index contributed by atoms with van der Waals surface area (Å²) < 4.78 is 5.34. The van der Waals surface area contributed by atoms with Crippen molar-refractivity contribution < 1.29 is 4.74 Å². The summed E-state index contributed by atoms with van der Waals surface area (Å²) in [7, 11) is 0. The first-order chi connectivity index (χ1) is 6.72. The SMILES string of the molecule is N#CC(N)CCOc1cccc(Cl)c1. The van der Waals surface area contributed by atoms with E-state index in [0.717, 1.165) is 0 Å². The van der Waals surface area contributed by atoms with Crippen molar-refractivity contribution in [3.05, 3.63) is 29.3 Å². The number of rotatable bonds is 4. The lowest BCUT2D eigenvalue weighted by Gasteiger charge is -2.06. The van der Waals surface area contributed by atoms with Crippen LogP contribution in [0.1, 0.15) is 6.42 Å². The van der Waals surface area contributed by atoms with Crippen LogP contribution >= 0.6 is 11.6 Å². The molecule has 0 aliphatic carbocycles. The third kappa shape index (κ3) is 3.65. The second-order valence-electron chi connectivity index (χ2n) is 2.83. The van der Waals surface area contributed by atoms with Crippen molar-refractivity contribution in [1.29, 1.82) is 5.26 Å². The fourth-order valence-corrected chi connectivity index (χ4v) is 1.11. The van der Waals surface area contributed by atoms with Crippen molar-refractivity contribution in [2.45, 2.75) is 12.5 Å². The highest BCUT2D eigenvalue weighted by Crippen LogP contribution is 2.17. The molecule has 0 heterocycles. The molecule has 0 saturated carbocycles. The highest BCUT2D eigenvalue weighted by Gasteiger charge is 2.00. The molecule has 14 heavy (non-hydrogen) atoms. The summed E-state index contributed by atoms with van der Waals surface area (Å²) in [5, 5.41) is 9.06. The van der Waals surface area contributed by atoms with Crippen LogP contribution in [0.2, 0.25) is 5.02 Å². The largest absolute Gasteiger partial charge is 0.493 e. The van der Waals surface area contributed by atoms with Crippen LogP contribution in [0, 0.1) is 11.3 Å². The van der Waals surface area contributed by atoms with Gasteiger partial charge in [0, 0.05) is 11.4 Å². The first-order valence-corrected chi connectivity index (χ1v) is 4.63. The molecule has 0 aliphatic heterocycles. The van der Waals surface area contributed by atoms with Crippen LogP contribution in [0.3, 0.4) is 0 Å². The topological polar surface area (TPSA) is 59.0 Å². The average molecular weight is 211 g/mol. The van der Waals surface area contributed by atoms with Crippen LogP contribution in [0.5, 0.6) is 5.75 Å². The third-order valence-electron chi connectivity index (χ3n) is 1.66. The lowest BCUT2D eigenvalue weighted by atomic mass is 10.2. The number of nitriles is 1. The van der Waals surface area contributed by atoms with Gasteiger partial charge < -0.3 is 10.5 Å². The Hall–Kier alpha value is -1.24. The molecule has 0 bridgehead atoms. The van der Waals surface area contributed by atoms with Gasteiger partial charge >= 0.3 is 0 Å². The van der Waals surface area contributed by atoms with Crippen LogP contribution in [0.15, 0.2) is 24.3 Å². The molecular weight excluding hydrogens is 200 g/mol. The van der Waals surface area contributed by atoms with Crippen molar-refractivity contribution in [3.8, 4) is 11.8 Å². The van der Waals surface area contributed by atoms with Crippen LogP contribution in [0.4, 0.5) is 0 Å². The summed E-state index contributed by atoms with van der Waals surface area (Å²) in [6.45, 7) is 0.426. The molecule has 1 atom stereocenters. The molecule has 1 rings (SSSR count). The van der Waals surface area contributed by atoms with E-state index in [2.05, 4.69) is 0 Å². The smallest absolute Gasteiger partial charge is 0.120 e. The van der Waals surface area contributed by atoms with Crippen molar-refractivity contribution in [1.82, 2.24) is 0 Å². The Balaban J connectivity index is 2.36. The first kappa shape index (κ1) is 10.8. The van der Waals surface area contributed by atoms with Gasteiger partial charge in [0.15, 0.2) is 0 Å². The van der Waals surface area contributed by atoms with E-state index in [1.807, 2.05) is 18.2 Å². The monoisotopic (exact) mass is 210 g/mol. The highest BCUT2D eigenvalue weighted by molar-refractivity contribution is 6.30. The maximum atomic E-state index is 8.42. The lowest BCUT2D eigenvalue weighted by molar-refractivity contribution is 0.306. The van der Waals surface area contributed by atoms with Crippen LogP contribution in [-0.2, 0) is 0 Å². The summed E-state index contributed by atoms with van der Waals surface area (Å²) in [6, 6.07) is 8.58. The minimum Gasteiger partial charge on any atom is -0.493 e. The second kappa shape index (κ2) is 5.48. The fraction of sp³-hybridized carbons (Fsp3) is 0.300. The third-order valence-corrected chi connectivity index (χ3v) is 1.89. The Morgan fingerprint density at radius 1 is 1.57 bits per heavy atom. The van der Waals surface area contributed by atoms with Gasteiger partial charge in [-0.15, -0.1) is 0 Å². The zero-order valence-corrected chi connectivity index (χ0v) is 8.37. The molecule has 1 unspecified atom stereocenters. The molecule has 1 aromatic carbocycles. The van der Waals surface area contributed by atoms with Crippen LogP contribution in [0.25, 0.3) is 0 Å². The Morgan fingerprint density at radius 3 is 3.00 bits per heavy atom. The predicted octanol–water partition coefficient (Wildman–Crippen LogP) is 1.96. The van der Waals surface area contributed by atoms with E-state index in [4.69, 9.17) is 27.3 Å². The lowest BCUT2D eigenvalue weighted by Crippen LogP contribution is -2.20. The Kier molecular flexibility index (Phi) is 4.24. The predicted molar refractivity (Wildman–Crippen MR) is 55.2 cm³/mol. The van der Waals surface area contributed by atoms with E-state index in [0.29, 0.717) is 23.8 Å². The molecule has 1 aromatic rings. The fourth-order valence-electron chi connectivity index (χ4n) is 0.925. The normalized spacial score (nSPS) is 11.8. The molecule has 4 heteroatoms. The van der Waals surface area contributed by atoms with Crippen molar-refractivity contribution >= 4 is 11.6 Å². The average Bonchev–Trinajstić information content (AvgIpc) is 2.17. The van der Waals surface area contributed by atoms with Gasteiger partial charge in [0.25, 0.3) is 0 Å². The molecule has 74 valence electrons. The van der Waals surface area contributed by atoms with E-state index in [-0.39, 0.29) is 0 Å². The van der Waals surface area contributed by atoms with Gasteiger partial charge in [-0.3, -0.25) is 0 Å². The zero-order chi connectivity index (χ0) is 10.4. The van der Waals surface area contributed by atoms with Crippen molar-refractivity contribution in [2.75, 3.05) is 6.61 Å². The summed E-state index contributed by atoms with van der Waals surface area (Å²) >= 11 is 5.76. The molecule has 0 radical (unpaired) electrons. The summed E-state index contributed by atoms with van der Waals surface area (Å²) in [5.41, 5.74) is 5.40. The minimum atomic E-state index is -0.464. The number of ether oxygens (including phenoxy) is 1. The summed E-state index contributed by atoms with van der Waals surface area (Å²) in [4.78, 5) is 0. The Bertz CT molecular complexity index is 335. The van der Waals surface area contributed by atoms with E-state index >= 15 is 0 Å². The van der Waals surface area contributed by atoms with Gasteiger partial charge in [0.1, 0.15) is 5.75 Å². The Labute approximate surface area is 88.0 Å². The van der Waals surface area contributed by atoms with E-state index < -0.39 is 6.04 Å². The second-order valence-corrected chi connectivity index (χ2v) is 3.27. The molecule has 3 nitrogen and oxygen atoms in total. The maximum Gasteiger partial charge on any atom is 0.120 e. The molecule has 0 fully saturated rings. The van der Waals surface area contributed by atoms with Gasteiger partial charge in [0.05, 0.1) is 18.7 Å². The molecule has 0 aromatic heterocycles. The summed E-state index contributed by atoms with van der Waals surface area (Å²) in [6.07, 6.45) is 0.517. The quantitative estimate of drug-likeness (QED) is 0.827. The number of hydrogen-bond donors (Lipinski definition) is 1. The molecule has 0 aliphatic rings. The molecule has 2 N–H and O–H groups in total. The molecular formula is C10H11ClN2O. The molecule has 0 amide bonds. The standard InChI is InChI=1S/C10H11ClN2O/c11-8-2-1-3-10(6-8)14-5-4-9(13)7-12/h1-3,6,9H,4-5,13H2. The zero-order valence-electron chi connectivity index (χ0n) is 7.61. The minimum absolute atomic E-state index is 0.426. The number of halogens is 1. The molecule has 0 saturated heterocycles. The van der Waals surface area contributed by atoms with Gasteiger partial charge in [-0.05, 0) is 18.2 Å². The van der Waals surface area contributed by atoms with Crippen molar-refractivity contribution in [3.63, 3.8) is 0 Å². The van der Waals surface area contributed by atoms with E-state index in [9.17, 15) is 0 Å². The van der Waals surface area contributed by atoms with Gasteiger partial charge in [-0.25, -0.2) is 0 Å². The van der Waals surface area contributed by atoms with E-state index in [1.165, 1.54) is 0 Å². The number of nitrogens with zero attached hydrogens (tertiary/aromatic N) is 1. The highest BCUT2D eigenvalue weighted by atomic mass is 35.5. The van der Waals surface area contributed by atoms with Crippen LogP contribution in [-0.4, -0.2) is 12.6 Å². The number of hydrogen-bond acceptors (Lipinski definition) is 3. The molecule has 0 spiro atoms. The summed E-state index contributed by atoms with van der Waals surface area (Å²) in [5.74, 6) is 0.697. The van der Waals surface area contributed by atoms with Crippen LogP contribution < -0.4 is 10.5 Å². The van der Waals surface area contributed by atoms with Gasteiger partial charge in [-0.1, -0.05) is 17.7 Å². The van der Waals surface area contributed by atoms with Crippen molar-refractivity contribution in [2.24, 2.45) is 5.73 Å².